The molecule has 1 heteroatoms. The van der Waals surface area contributed by atoms with Gasteiger partial charge in [-0.15, -0.1) is 0 Å². The first-order valence-corrected chi connectivity index (χ1v) is 6.04. The minimum Gasteiger partial charge on any atom is -0.497 e. The van der Waals surface area contributed by atoms with Crippen LogP contribution in [0.3, 0.4) is 0 Å². The summed E-state index contributed by atoms with van der Waals surface area (Å²) in [6.07, 6.45) is 16.8. The molecule has 0 radical (unpaired) electrons. The Hall–Kier alpha value is 0.103. The molecule has 0 nitrogen and oxygen atoms in total. The van der Waals surface area contributed by atoms with Crippen LogP contribution in [0.4, 0.5) is 0 Å². The third-order valence-corrected chi connectivity index (χ3v) is 2.91. The molecule has 0 bridgehead atoms. The summed E-state index contributed by atoms with van der Waals surface area (Å²) in [4.78, 5) is 0. The summed E-state index contributed by atoms with van der Waals surface area (Å²) in [5, 5.41) is 0. The summed E-state index contributed by atoms with van der Waals surface area (Å²) in [5.74, 6) is 0. The second-order valence-corrected chi connectivity index (χ2v) is 3.97. The van der Waals surface area contributed by atoms with Crippen molar-refractivity contribution in [3.63, 3.8) is 0 Å². The SMILES string of the molecule is CCC1=[C-]CCC1.CCC1=[C-]CCC1.[Ru+2]. The Labute approximate surface area is 108 Å². The van der Waals surface area contributed by atoms with E-state index in [1.807, 2.05) is 0 Å². The number of hydrogen-bond acceptors (Lipinski definition) is 0. The van der Waals surface area contributed by atoms with Crippen LogP contribution in [0, 0.1) is 12.2 Å². The van der Waals surface area contributed by atoms with E-state index in [4.69, 9.17) is 0 Å². The van der Waals surface area contributed by atoms with Crippen LogP contribution in [-0.2, 0) is 19.5 Å². The second kappa shape index (κ2) is 9.34. The minimum absolute atomic E-state index is 0. The molecule has 2 aliphatic carbocycles. The van der Waals surface area contributed by atoms with Crippen molar-refractivity contribution in [3.05, 3.63) is 23.3 Å². The van der Waals surface area contributed by atoms with Crippen molar-refractivity contribution in [2.24, 2.45) is 0 Å². The molecule has 0 aromatic carbocycles. The van der Waals surface area contributed by atoms with E-state index >= 15 is 0 Å². The number of allylic oxidation sites excluding steroid dienone is 4. The van der Waals surface area contributed by atoms with E-state index in [1.165, 1.54) is 51.4 Å². The smallest absolute Gasteiger partial charge is 0.497 e. The molecule has 0 aliphatic heterocycles. The van der Waals surface area contributed by atoms with Gasteiger partial charge in [0.25, 0.3) is 0 Å². The van der Waals surface area contributed by atoms with E-state index in [1.54, 1.807) is 11.1 Å². The molecule has 0 aromatic heterocycles. The predicted octanol–water partition coefficient (Wildman–Crippen LogP) is 4.62. The molecule has 0 aromatic rings. The monoisotopic (exact) mass is 292 g/mol. The van der Waals surface area contributed by atoms with Gasteiger partial charge in [0.15, 0.2) is 0 Å². The van der Waals surface area contributed by atoms with Gasteiger partial charge in [-0.05, 0) is 0 Å². The normalized spacial score (nSPS) is 18.5. The van der Waals surface area contributed by atoms with E-state index in [-0.39, 0.29) is 19.5 Å². The summed E-state index contributed by atoms with van der Waals surface area (Å²) < 4.78 is 0. The van der Waals surface area contributed by atoms with E-state index < -0.39 is 0 Å². The molecule has 2 aliphatic rings. The fourth-order valence-electron chi connectivity index (χ4n) is 1.91. The second-order valence-electron chi connectivity index (χ2n) is 3.97. The van der Waals surface area contributed by atoms with Crippen molar-refractivity contribution in [2.75, 3.05) is 0 Å². The van der Waals surface area contributed by atoms with Gasteiger partial charge in [0.2, 0.25) is 0 Å². The zero-order valence-corrected chi connectivity index (χ0v) is 11.7. The average molecular weight is 291 g/mol. The fraction of sp³-hybridized carbons (Fsp3) is 0.714. The maximum Gasteiger partial charge on any atom is 2.00 e. The van der Waals surface area contributed by atoms with Crippen LogP contribution in [0.15, 0.2) is 11.1 Å². The van der Waals surface area contributed by atoms with Crippen LogP contribution < -0.4 is 0 Å². The van der Waals surface area contributed by atoms with Crippen molar-refractivity contribution in [1.29, 1.82) is 0 Å². The van der Waals surface area contributed by atoms with Gasteiger partial charge in [0, 0.05) is 0 Å². The maximum absolute atomic E-state index is 3.32. The minimum atomic E-state index is 0. The van der Waals surface area contributed by atoms with Gasteiger partial charge in [0.1, 0.15) is 0 Å². The summed E-state index contributed by atoms with van der Waals surface area (Å²) in [5.41, 5.74) is 3.08. The van der Waals surface area contributed by atoms with Crippen LogP contribution in [0.5, 0.6) is 0 Å². The van der Waals surface area contributed by atoms with Crippen molar-refractivity contribution in [2.45, 2.75) is 65.2 Å². The Balaban J connectivity index is 0.000000245. The zero-order chi connectivity index (χ0) is 10.2. The Bertz CT molecular complexity index is 189. The predicted molar refractivity (Wildman–Crippen MR) is 61.8 cm³/mol. The molecule has 0 atom stereocenters. The first-order valence-electron chi connectivity index (χ1n) is 6.04. The van der Waals surface area contributed by atoms with Gasteiger partial charge in [-0.25, -0.2) is 0 Å². The van der Waals surface area contributed by atoms with Crippen LogP contribution >= 0.6 is 0 Å². The van der Waals surface area contributed by atoms with Gasteiger partial charge in [-0.3, -0.25) is 11.1 Å². The Morgan fingerprint density at radius 2 is 1.27 bits per heavy atom. The molecule has 0 saturated carbocycles. The van der Waals surface area contributed by atoms with E-state index in [9.17, 15) is 0 Å². The maximum atomic E-state index is 3.32. The van der Waals surface area contributed by atoms with Gasteiger partial charge in [-0.1, -0.05) is 52.4 Å². The van der Waals surface area contributed by atoms with Crippen LogP contribution in [0.1, 0.15) is 65.2 Å². The largest absolute Gasteiger partial charge is 2.00 e. The fourth-order valence-corrected chi connectivity index (χ4v) is 1.91. The van der Waals surface area contributed by atoms with Crippen LogP contribution in [0.25, 0.3) is 0 Å². The van der Waals surface area contributed by atoms with Gasteiger partial charge >= 0.3 is 19.5 Å². The zero-order valence-electron chi connectivity index (χ0n) is 10.0. The molecule has 2 rings (SSSR count). The molecule has 0 spiro atoms. The third-order valence-electron chi connectivity index (χ3n) is 2.91. The van der Waals surface area contributed by atoms with Gasteiger partial charge in [0.05, 0.1) is 0 Å². The first kappa shape index (κ1) is 15.1. The average Bonchev–Trinajstić information content (AvgIpc) is 2.92. The Morgan fingerprint density at radius 1 is 0.867 bits per heavy atom. The number of hydrogen-bond donors (Lipinski definition) is 0. The summed E-state index contributed by atoms with van der Waals surface area (Å²) in [6, 6.07) is 0. The van der Waals surface area contributed by atoms with E-state index in [2.05, 4.69) is 26.0 Å². The van der Waals surface area contributed by atoms with Gasteiger partial charge in [-0.2, -0.15) is 12.8 Å². The van der Waals surface area contributed by atoms with E-state index in [0.29, 0.717) is 0 Å². The third kappa shape index (κ3) is 6.30. The summed E-state index contributed by atoms with van der Waals surface area (Å²) in [6.45, 7) is 4.40. The first-order chi connectivity index (χ1) is 6.86. The summed E-state index contributed by atoms with van der Waals surface area (Å²) in [7, 11) is 0. The molecule has 86 valence electrons. The van der Waals surface area contributed by atoms with Crippen molar-refractivity contribution < 1.29 is 19.5 Å². The standard InChI is InChI=1S/2C7H11.Ru/c2*1-2-7-5-3-4-6-7;/h2*2-5H2,1H3;/q2*-1;+2. The molecule has 0 amide bonds. The molecular formula is C14H22Ru. The number of rotatable bonds is 2. The topological polar surface area (TPSA) is 0 Å². The van der Waals surface area contributed by atoms with E-state index in [0.717, 1.165) is 0 Å². The Morgan fingerprint density at radius 3 is 1.40 bits per heavy atom. The molecular weight excluding hydrogens is 269 g/mol. The molecule has 0 unspecified atom stereocenters. The van der Waals surface area contributed by atoms with Gasteiger partial charge < -0.3 is 12.2 Å². The molecule has 0 heterocycles. The van der Waals surface area contributed by atoms with Crippen molar-refractivity contribution in [1.82, 2.24) is 0 Å². The van der Waals surface area contributed by atoms with Crippen LogP contribution in [-0.4, -0.2) is 0 Å². The van der Waals surface area contributed by atoms with Crippen LogP contribution in [0.2, 0.25) is 0 Å². The molecule has 0 N–H and O–H groups in total. The summed E-state index contributed by atoms with van der Waals surface area (Å²) >= 11 is 0. The molecule has 0 fully saturated rings. The molecule has 0 saturated heterocycles. The quantitative estimate of drug-likeness (QED) is 0.514. The van der Waals surface area contributed by atoms with Crippen molar-refractivity contribution in [3.8, 4) is 0 Å². The molecule has 15 heavy (non-hydrogen) atoms. The van der Waals surface area contributed by atoms with Crippen molar-refractivity contribution >= 4 is 0 Å². The Kier molecular flexibility index (Phi) is 9.40.